The van der Waals surface area contributed by atoms with E-state index in [4.69, 9.17) is 14.6 Å². The molecule has 3 atom stereocenters. The first kappa shape index (κ1) is 20.1. The molecule has 144 valence electrons. The summed E-state index contributed by atoms with van der Waals surface area (Å²) in [4.78, 5) is 27.4. The Bertz CT molecular complexity index is 627. The molecule has 0 saturated carbocycles. The van der Waals surface area contributed by atoms with Crippen LogP contribution in [0.25, 0.3) is 0 Å². The van der Waals surface area contributed by atoms with Crippen molar-refractivity contribution in [3.05, 3.63) is 30.1 Å². The van der Waals surface area contributed by atoms with Gasteiger partial charge in [0.05, 0.1) is 23.8 Å². The molecule has 10 heteroatoms. The molecule has 1 aromatic heterocycles. The van der Waals surface area contributed by atoms with E-state index in [1.165, 1.54) is 0 Å². The molecule has 2 fully saturated rings. The summed E-state index contributed by atoms with van der Waals surface area (Å²) in [6, 6.07) is 5.96. The summed E-state index contributed by atoms with van der Waals surface area (Å²) >= 11 is 0. The van der Waals surface area contributed by atoms with Gasteiger partial charge in [-0.25, -0.2) is 4.79 Å². The molecule has 7 nitrogen and oxygen atoms in total. The summed E-state index contributed by atoms with van der Waals surface area (Å²) in [5, 5.41) is 9.86. The number of carboxylic acids is 1. The summed E-state index contributed by atoms with van der Waals surface area (Å²) in [5.74, 6) is -2.65. The van der Waals surface area contributed by atoms with Gasteiger partial charge in [0.2, 0.25) is 5.91 Å². The Balaban J connectivity index is 0.000000298. The average Bonchev–Trinajstić information content (AvgIpc) is 2.89. The van der Waals surface area contributed by atoms with Gasteiger partial charge >= 0.3 is 12.1 Å². The van der Waals surface area contributed by atoms with Gasteiger partial charge < -0.3 is 15.2 Å². The van der Waals surface area contributed by atoms with Crippen LogP contribution in [0.2, 0.25) is 0 Å². The van der Waals surface area contributed by atoms with Crippen molar-refractivity contribution in [2.24, 2.45) is 5.92 Å². The van der Waals surface area contributed by atoms with E-state index in [-0.39, 0.29) is 24.0 Å². The molecule has 3 rings (SSSR count). The number of hydrogen-bond acceptors (Lipinski definition) is 5. The number of ether oxygens (including phenoxy) is 1. The average molecular weight is 375 g/mol. The summed E-state index contributed by atoms with van der Waals surface area (Å²) in [5.41, 5.74) is 1.07. The van der Waals surface area contributed by atoms with Crippen molar-refractivity contribution in [3.8, 4) is 0 Å². The van der Waals surface area contributed by atoms with Crippen LogP contribution >= 0.6 is 0 Å². The minimum Gasteiger partial charge on any atom is -0.475 e. The molecule has 0 aromatic carbocycles. The maximum atomic E-state index is 11.8. The molecule has 3 unspecified atom stereocenters. The van der Waals surface area contributed by atoms with E-state index in [2.05, 4.69) is 15.2 Å². The second kappa shape index (κ2) is 8.45. The van der Waals surface area contributed by atoms with Gasteiger partial charge in [-0.1, -0.05) is 6.07 Å². The molecule has 1 aromatic rings. The van der Waals surface area contributed by atoms with Crippen LogP contribution in [0.5, 0.6) is 0 Å². The van der Waals surface area contributed by atoms with Crippen LogP contribution < -0.4 is 5.32 Å². The van der Waals surface area contributed by atoms with Crippen molar-refractivity contribution in [1.82, 2.24) is 15.2 Å². The van der Waals surface area contributed by atoms with E-state index in [0.717, 1.165) is 31.7 Å². The third-order valence-corrected chi connectivity index (χ3v) is 4.17. The lowest BCUT2D eigenvalue weighted by Crippen LogP contribution is -2.44. The molecule has 2 saturated heterocycles. The molecule has 2 N–H and O–H groups in total. The number of carbonyl (C=O) groups excluding carboxylic acids is 1. The highest BCUT2D eigenvalue weighted by Crippen LogP contribution is 2.32. The van der Waals surface area contributed by atoms with Crippen LogP contribution in [0.15, 0.2) is 24.4 Å². The maximum Gasteiger partial charge on any atom is 0.490 e. The molecule has 2 bridgehead atoms. The molecular weight excluding hydrogens is 355 g/mol. The summed E-state index contributed by atoms with van der Waals surface area (Å²) < 4.78 is 37.6. The first-order valence-electron chi connectivity index (χ1n) is 8.00. The second-order valence-electron chi connectivity index (χ2n) is 6.07. The highest BCUT2D eigenvalue weighted by Gasteiger charge is 2.44. The topological polar surface area (TPSA) is 91.8 Å². The molecule has 26 heavy (non-hydrogen) atoms. The number of likely N-dealkylation sites (tertiary alicyclic amines) is 1. The summed E-state index contributed by atoms with van der Waals surface area (Å²) in [7, 11) is 1.69. The van der Waals surface area contributed by atoms with Gasteiger partial charge in [-0.05, 0) is 18.6 Å². The highest BCUT2D eigenvalue weighted by atomic mass is 19.4. The van der Waals surface area contributed by atoms with Crippen LogP contribution in [0.3, 0.4) is 0 Å². The Kier molecular flexibility index (Phi) is 6.54. The number of morpholine rings is 1. The maximum absolute atomic E-state index is 11.8. The fourth-order valence-corrected chi connectivity index (χ4v) is 3.05. The van der Waals surface area contributed by atoms with E-state index in [0.29, 0.717) is 0 Å². The number of rotatable bonds is 3. The lowest BCUT2D eigenvalue weighted by Gasteiger charge is -2.32. The van der Waals surface area contributed by atoms with Crippen molar-refractivity contribution in [2.45, 2.75) is 31.3 Å². The summed E-state index contributed by atoms with van der Waals surface area (Å²) in [6.45, 7) is 2.53. The number of nitrogens with zero attached hydrogens (tertiary/aromatic N) is 2. The van der Waals surface area contributed by atoms with E-state index in [1.54, 1.807) is 7.05 Å². The molecule has 2 aliphatic heterocycles. The molecule has 0 radical (unpaired) electrons. The Hall–Kier alpha value is -2.20. The third-order valence-electron chi connectivity index (χ3n) is 4.17. The number of alkyl halides is 3. The third kappa shape index (κ3) is 5.40. The highest BCUT2D eigenvalue weighted by molar-refractivity contribution is 5.79. The molecule has 0 spiro atoms. The smallest absolute Gasteiger partial charge is 0.475 e. The minimum atomic E-state index is -5.08. The molecule has 2 aliphatic rings. The summed E-state index contributed by atoms with van der Waals surface area (Å²) in [6.07, 6.45) is -2.21. The second-order valence-corrected chi connectivity index (χ2v) is 6.07. The van der Waals surface area contributed by atoms with E-state index in [1.807, 2.05) is 24.4 Å². The van der Waals surface area contributed by atoms with Crippen LogP contribution in [-0.4, -0.2) is 65.4 Å². The number of aliphatic carboxylic acids is 1. The van der Waals surface area contributed by atoms with Crippen LogP contribution in [0.4, 0.5) is 13.2 Å². The van der Waals surface area contributed by atoms with Crippen molar-refractivity contribution < 1.29 is 32.6 Å². The number of pyridine rings is 1. The Labute approximate surface area is 148 Å². The Morgan fingerprint density at radius 2 is 2.08 bits per heavy atom. The Morgan fingerprint density at radius 3 is 2.62 bits per heavy atom. The first-order valence-corrected chi connectivity index (χ1v) is 8.00. The predicted octanol–water partition coefficient (Wildman–Crippen LogP) is 1.05. The molecular formula is C16H20F3N3O4. The number of carboxylic acid groups (broad SMARTS) is 1. The van der Waals surface area contributed by atoms with Gasteiger partial charge in [0, 0.05) is 32.9 Å². The minimum absolute atomic E-state index is 0.00346. The zero-order chi connectivity index (χ0) is 19.3. The standard InChI is InChI=1S/C14H19N3O2.C2HF3O2/c1-15-14(18)12-6-11-8-17(9-13(12)19-11)7-10-4-2-3-5-16-10;3-2(4,5)1(6)7/h2-5,11-13H,6-9H2,1H3,(H,15,18);(H,6,7). The van der Waals surface area contributed by atoms with Gasteiger partial charge in [-0.2, -0.15) is 13.2 Å². The largest absolute Gasteiger partial charge is 0.490 e. The number of fused-ring (bicyclic) bond motifs is 2. The van der Waals surface area contributed by atoms with Crippen molar-refractivity contribution in [2.75, 3.05) is 20.1 Å². The molecule has 0 aliphatic carbocycles. The van der Waals surface area contributed by atoms with Crippen LogP contribution in [0, 0.1) is 5.92 Å². The number of hydrogen-bond donors (Lipinski definition) is 2. The van der Waals surface area contributed by atoms with Gasteiger partial charge in [0.1, 0.15) is 0 Å². The first-order chi connectivity index (χ1) is 12.2. The van der Waals surface area contributed by atoms with Crippen LogP contribution in [-0.2, 0) is 20.9 Å². The number of amides is 1. The van der Waals surface area contributed by atoms with Crippen molar-refractivity contribution >= 4 is 11.9 Å². The fraction of sp³-hybridized carbons (Fsp3) is 0.562. The normalized spacial score (nSPS) is 25.2. The monoisotopic (exact) mass is 375 g/mol. The van der Waals surface area contributed by atoms with E-state index >= 15 is 0 Å². The van der Waals surface area contributed by atoms with E-state index < -0.39 is 12.1 Å². The predicted molar refractivity (Wildman–Crippen MR) is 84.0 cm³/mol. The SMILES string of the molecule is CNC(=O)C1CC2CN(Cc3ccccn3)CC1O2.O=C(O)C(F)(F)F. The number of nitrogens with one attached hydrogen (secondary N) is 1. The number of halogens is 3. The van der Waals surface area contributed by atoms with Gasteiger partial charge in [0.15, 0.2) is 0 Å². The number of aromatic nitrogens is 1. The fourth-order valence-electron chi connectivity index (χ4n) is 3.05. The quantitative estimate of drug-likeness (QED) is 0.821. The van der Waals surface area contributed by atoms with Crippen molar-refractivity contribution in [3.63, 3.8) is 0 Å². The molecule has 3 heterocycles. The van der Waals surface area contributed by atoms with Gasteiger partial charge in [-0.3, -0.25) is 14.7 Å². The lowest BCUT2D eigenvalue weighted by molar-refractivity contribution is -0.192. The molecule has 1 amide bonds. The van der Waals surface area contributed by atoms with Crippen LogP contribution in [0.1, 0.15) is 12.1 Å². The van der Waals surface area contributed by atoms with Crippen molar-refractivity contribution in [1.29, 1.82) is 0 Å². The number of carbonyl (C=O) groups is 2. The van der Waals surface area contributed by atoms with Gasteiger partial charge in [-0.15, -0.1) is 0 Å². The van der Waals surface area contributed by atoms with E-state index in [9.17, 15) is 18.0 Å². The zero-order valence-corrected chi connectivity index (χ0v) is 14.1. The lowest BCUT2D eigenvalue weighted by atomic mass is 10.00. The van der Waals surface area contributed by atoms with Gasteiger partial charge in [0.25, 0.3) is 0 Å². The Morgan fingerprint density at radius 1 is 1.38 bits per heavy atom. The zero-order valence-electron chi connectivity index (χ0n) is 14.1.